The fourth-order valence-electron chi connectivity index (χ4n) is 0.809. The van der Waals surface area contributed by atoms with Crippen LogP contribution in [0, 0.1) is 0 Å². The van der Waals surface area contributed by atoms with Gasteiger partial charge in [0.2, 0.25) is 0 Å². The van der Waals surface area contributed by atoms with Gasteiger partial charge >= 0.3 is 0 Å². The van der Waals surface area contributed by atoms with Gasteiger partial charge in [-0.15, -0.1) is 12.4 Å². The molecule has 3 nitrogen and oxygen atoms in total. The lowest BCUT2D eigenvalue weighted by Gasteiger charge is -1.98. The molecule has 1 rings (SSSR count). The molecule has 1 heterocycles. The van der Waals surface area contributed by atoms with Crippen molar-refractivity contribution in [3.8, 4) is 0 Å². The summed E-state index contributed by atoms with van der Waals surface area (Å²) < 4.78 is 0. The Bertz CT molecular complexity index is 211. The van der Waals surface area contributed by atoms with Crippen LogP contribution in [0.1, 0.15) is 5.69 Å². The highest BCUT2D eigenvalue weighted by molar-refractivity contribution is 7.99. The minimum Gasteiger partial charge on any atom is -0.396 e. The van der Waals surface area contributed by atoms with Gasteiger partial charge < -0.3 is 5.11 Å². The molecular weight excluding hydrogens is 208 g/mol. The molecule has 1 aromatic heterocycles. The van der Waals surface area contributed by atoms with Crippen molar-refractivity contribution < 1.29 is 5.11 Å². The molecule has 0 aliphatic rings. The number of nitrogens with zero attached hydrogens (tertiary/aromatic N) is 2. The van der Waals surface area contributed by atoms with Crippen LogP contribution in [0.5, 0.6) is 0 Å². The Morgan fingerprint density at radius 2 is 2.23 bits per heavy atom. The van der Waals surface area contributed by atoms with E-state index < -0.39 is 0 Å². The maximum Gasteiger partial charge on any atom is 0.115 e. The van der Waals surface area contributed by atoms with Gasteiger partial charge in [-0.05, 0) is 18.2 Å². The van der Waals surface area contributed by atoms with Gasteiger partial charge in [-0.2, -0.15) is 11.8 Å². The smallest absolute Gasteiger partial charge is 0.115 e. The van der Waals surface area contributed by atoms with Gasteiger partial charge in [-0.3, -0.25) is 0 Å². The summed E-state index contributed by atoms with van der Waals surface area (Å²) in [6.45, 7) is 0.258. The monoisotopic (exact) mass is 220 g/mol. The molecular formula is C8H13ClN2OS. The molecule has 1 N–H and O–H groups in total. The molecule has 0 aliphatic carbocycles. The van der Waals surface area contributed by atoms with Crippen LogP contribution in [0.25, 0.3) is 0 Å². The molecule has 5 heteroatoms. The molecule has 0 fully saturated rings. The fraction of sp³-hybridized carbons (Fsp3) is 0.500. The molecule has 0 aromatic carbocycles. The third kappa shape index (κ3) is 5.85. The lowest BCUT2D eigenvalue weighted by Crippen LogP contribution is -1.95. The van der Waals surface area contributed by atoms with Crippen molar-refractivity contribution in [3.05, 3.63) is 24.3 Å². The van der Waals surface area contributed by atoms with Crippen LogP contribution in [0.15, 0.2) is 18.6 Å². The quantitative estimate of drug-likeness (QED) is 0.757. The molecule has 0 atom stereocenters. The van der Waals surface area contributed by atoms with Crippen LogP contribution >= 0.6 is 24.2 Å². The topological polar surface area (TPSA) is 46.0 Å². The third-order valence-corrected chi connectivity index (χ3v) is 2.35. The Kier molecular flexibility index (Phi) is 8.08. The van der Waals surface area contributed by atoms with Crippen molar-refractivity contribution in [1.82, 2.24) is 9.97 Å². The first-order chi connectivity index (χ1) is 5.93. The number of aliphatic hydroxyl groups is 1. The molecule has 1 aromatic rings. The molecule has 0 unspecified atom stereocenters. The fourth-order valence-corrected chi connectivity index (χ4v) is 1.50. The van der Waals surface area contributed by atoms with Crippen LogP contribution in [-0.4, -0.2) is 33.2 Å². The van der Waals surface area contributed by atoms with Gasteiger partial charge in [-0.25, -0.2) is 9.97 Å². The van der Waals surface area contributed by atoms with Crippen LogP contribution in [0.3, 0.4) is 0 Å². The summed E-state index contributed by atoms with van der Waals surface area (Å²) in [6.07, 6.45) is 4.26. The summed E-state index contributed by atoms with van der Waals surface area (Å²) in [6, 6.07) is 1.92. The zero-order valence-corrected chi connectivity index (χ0v) is 8.85. The second-order valence-electron chi connectivity index (χ2n) is 2.29. The van der Waals surface area contributed by atoms with Crippen molar-refractivity contribution >= 4 is 24.2 Å². The van der Waals surface area contributed by atoms with Gasteiger partial charge in [0.25, 0.3) is 0 Å². The van der Waals surface area contributed by atoms with Gasteiger partial charge in [0.15, 0.2) is 0 Å². The normalized spacial score (nSPS) is 9.31. The Morgan fingerprint density at radius 3 is 2.85 bits per heavy atom. The predicted octanol–water partition coefficient (Wildman–Crippen LogP) is 1.17. The van der Waals surface area contributed by atoms with Gasteiger partial charge in [0.1, 0.15) is 6.33 Å². The highest BCUT2D eigenvalue weighted by atomic mass is 35.5. The summed E-state index contributed by atoms with van der Waals surface area (Å²) >= 11 is 1.74. The molecule has 0 saturated carbocycles. The van der Waals surface area contributed by atoms with E-state index in [0.717, 1.165) is 23.6 Å². The average Bonchev–Trinajstić information content (AvgIpc) is 2.14. The number of hydrogen-bond donors (Lipinski definition) is 1. The van der Waals surface area contributed by atoms with E-state index in [1.165, 1.54) is 0 Å². The van der Waals surface area contributed by atoms with Gasteiger partial charge in [0, 0.05) is 17.6 Å². The second kappa shape index (κ2) is 8.29. The maximum atomic E-state index is 8.52. The number of aryl methyl sites for hydroxylation is 1. The van der Waals surface area contributed by atoms with Gasteiger partial charge in [-0.1, -0.05) is 0 Å². The average molecular weight is 221 g/mol. The van der Waals surface area contributed by atoms with E-state index in [9.17, 15) is 0 Å². The SMILES string of the molecule is Cl.OCCSCCc1ccncn1. The van der Waals surface area contributed by atoms with Crippen LogP contribution in [0.4, 0.5) is 0 Å². The van der Waals surface area contributed by atoms with Crippen LogP contribution in [-0.2, 0) is 6.42 Å². The first kappa shape index (κ1) is 12.7. The number of aromatic nitrogens is 2. The van der Waals surface area contributed by atoms with E-state index in [1.807, 2.05) is 6.07 Å². The Morgan fingerprint density at radius 1 is 1.38 bits per heavy atom. The van der Waals surface area contributed by atoms with E-state index in [0.29, 0.717) is 0 Å². The zero-order valence-electron chi connectivity index (χ0n) is 7.22. The highest BCUT2D eigenvalue weighted by Crippen LogP contribution is 2.02. The summed E-state index contributed by atoms with van der Waals surface area (Å²) in [5.74, 6) is 1.82. The number of hydrogen-bond acceptors (Lipinski definition) is 4. The van der Waals surface area contributed by atoms with E-state index in [1.54, 1.807) is 24.3 Å². The third-order valence-electron chi connectivity index (χ3n) is 1.38. The van der Waals surface area contributed by atoms with Crippen molar-refractivity contribution in [1.29, 1.82) is 0 Å². The van der Waals surface area contributed by atoms with Crippen LogP contribution in [0.2, 0.25) is 0 Å². The lowest BCUT2D eigenvalue weighted by molar-refractivity contribution is 0.322. The highest BCUT2D eigenvalue weighted by Gasteiger charge is 1.92. The molecule has 0 spiro atoms. The lowest BCUT2D eigenvalue weighted by atomic mass is 10.3. The van der Waals surface area contributed by atoms with Crippen molar-refractivity contribution in [3.63, 3.8) is 0 Å². The largest absolute Gasteiger partial charge is 0.396 e. The standard InChI is InChI=1S/C8H12N2OS.ClH/c11-4-6-12-5-2-8-1-3-9-7-10-8;/h1,3,7,11H,2,4-6H2;1H. The predicted molar refractivity (Wildman–Crippen MR) is 57.4 cm³/mol. The van der Waals surface area contributed by atoms with Gasteiger partial charge in [0.05, 0.1) is 6.61 Å². The van der Waals surface area contributed by atoms with Crippen molar-refractivity contribution in [2.75, 3.05) is 18.1 Å². The van der Waals surface area contributed by atoms with E-state index in [2.05, 4.69) is 9.97 Å². The first-order valence-electron chi connectivity index (χ1n) is 3.87. The number of halogens is 1. The minimum atomic E-state index is 0. The Hall–Kier alpha value is -0.320. The maximum absolute atomic E-state index is 8.52. The molecule has 74 valence electrons. The summed E-state index contributed by atoms with van der Waals surface area (Å²) in [4.78, 5) is 7.92. The van der Waals surface area contributed by atoms with Crippen molar-refractivity contribution in [2.24, 2.45) is 0 Å². The number of rotatable bonds is 5. The minimum absolute atomic E-state index is 0. The first-order valence-corrected chi connectivity index (χ1v) is 5.02. The van der Waals surface area contributed by atoms with E-state index in [4.69, 9.17) is 5.11 Å². The van der Waals surface area contributed by atoms with Crippen LogP contribution < -0.4 is 0 Å². The zero-order chi connectivity index (χ0) is 8.65. The molecule has 0 bridgehead atoms. The number of aliphatic hydroxyl groups excluding tert-OH is 1. The summed E-state index contributed by atoms with van der Waals surface area (Å²) in [5.41, 5.74) is 1.07. The molecule has 0 aliphatic heterocycles. The molecule has 0 radical (unpaired) electrons. The molecule has 13 heavy (non-hydrogen) atoms. The van der Waals surface area contributed by atoms with E-state index >= 15 is 0 Å². The Balaban J connectivity index is 0.00000144. The number of thioether (sulfide) groups is 1. The van der Waals surface area contributed by atoms with Crippen molar-refractivity contribution in [2.45, 2.75) is 6.42 Å². The molecule has 0 saturated heterocycles. The summed E-state index contributed by atoms with van der Waals surface area (Å²) in [7, 11) is 0. The molecule has 0 amide bonds. The Labute approximate surface area is 88.4 Å². The van der Waals surface area contributed by atoms with E-state index in [-0.39, 0.29) is 19.0 Å². The summed E-state index contributed by atoms with van der Waals surface area (Å²) in [5, 5.41) is 8.52. The second-order valence-corrected chi connectivity index (χ2v) is 3.51.